The van der Waals surface area contributed by atoms with E-state index < -0.39 is 0 Å². The van der Waals surface area contributed by atoms with E-state index in [0.717, 1.165) is 88.4 Å². The molecule has 6 aromatic rings. The quantitative estimate of drug-likeness (QED) is 0.133. The highest BCUT2D eigenvalue weighted by molar-refractivity contribution is 6.03. The number of aromatic amines is 1. The number of methoxy groups -OCH3 is 2. The number of hydrogen-bond donors (Lipinski definition) is 1. The van der Waals surface area contributed by atoms with E-state index in [-0.39, 0.29) is 11.9 Å². The minimum absolute atomic E-state index is 0.106. The first-order chi connectivity index (χ1) is 25.4. The number of hydrogen-bond acceptors (Lipinski definition) is 9. The summed E-state index contributed by atoms with van der Waals surface area (Å²) in [4.78, 5) is 34.0. The summed E-state index contributed by atoms with van der Waals surface area (Å²) in [7, 11) is 6.86. The van der Waals surface area contributed by atoms with Gasteiger partial charge in [-0.05, 0) is 90.2 Å². The number of H-pyrrole nitrogens is 1. The number of carbonyl (C=O) groups is 1. The zero-order valence-corrected chi connectivity index (χ0v) is 30.1. The van der Waals surface area contributed by atoms with E-state index in [1.807, 2.05) is 48.5 Å². The third-order valence-corrected chi connectivity index (χ3v) is 9.73. The second-order valence-corrected chi connectivity index (χ2v) is 13.2. The first-order valence-electron chi connectivity index (χ1n) is 17.6. The summed E-state index contributed by atoms with van der Waals surface area (Å²) in [5, 5.41) is 1.87. The van der Waals surface area contributed by atoms with Crippen LogP contribution >= 0.6 is 0 Å². The molecule has 0 saturated carbocycles. The second-order valence-electron chi connectivity index (χ2n) is 13.2. The molecule has 1 saturated heterocycles. The van der Waals surface area contributed by atoms with Gasteiger partial charge in [0.15, 0.2) is 11.5 Å². The van der Waals surface area contributed by atoms with Gasteiger partial charge >= 0.3 is 0 Å². The molecule has 268 valence electrons. The molecule has 4 aromatic carbocycles. The minimum atomic E-state index is -0.120. The first-order valence-corrected chi connectivity index (χ1v) is 17.6. The standard InChI is InChI=1S/C41H44N6O5/c1-46(2)41(48)35-22-33-29(12-7-27-8-14-31(49-3)15-9-27)13-18-36(34(33)23-37(35)51-21-19-28-10-16-32(50-4)17-11-28)52-24-30-6-5-20-47(30)40-38-39(43-25-42-38)44-26-45-40/h8-11,13-18,22-23,25-26,30H,5-7,12,19-21,24H2,1-4H3,(H,42,43,44,45)/t30-/m1/s1. The van der Waals surface area contributed by atoms with Gasteiger partial charge < -0.3 is 33.7 Å². The normalized spacial score (nSPS) is 14.2. The number of rotatable bonds is 14. The Balaban J connectivity index is 1.21. The Labute approximate surface area is 303 Å². The third kappa shape index (κ3) is 7.44. The Morgan fingerprint density at radius 3 is 2.27 bits per heavy atom. The van der Waals surface area contributed by atoms with Crippen LogP contribution in [0.2, 0.25) is 0 Å². The summed E-state index contributed by atoms with van der Waals surface area (Å²) in [5.74, 6) is 3.60. The van der Waals surface area contributed by atoms with Crippen molar-refractivity contribution in [3.05, 3.63) is 108 Å². The monoisotopic (exact) mass is 700 g/mol. The molecular formula is C41H44N6O5. The molecule has 1 fully saturated rings. The van der Waals surface area contributed by atoms with Gasteiger partial charge in [0.05, 0.1) is 38.8 Å². The predicted octanol–water partition coefficient (Wildman–Crippen LogP) is 6.68. The van der Waals surface area contributed by atoms with Crippen molar-refractivity contribution < 1.29 is 23.7 Å². The van der Waals surface area contributed by atoms with Gasteiger partial charge in [0.1, 0.15) is 41.4 Å². The van der Waals surface area contributed by atoms with Gasteiger partial charge in [0.2, 0.25) is 0 Å². The third-order valence-electron chi connectivity index (χ3n) is 9.73. The van der Waals surface area contributed by atoms with Crippen LogP contribution in [0.3, 0.4) is 0 Å². The molecule has 11 nitrogen and oxygen atoms in total. The van der Waals surface area contributed by atoms with E-state index in [0.29, 0.717) is 30.9 Å². The molecule has 0 aliphatic carbocycles. The lowest BCUT2D eigenvalue weighted by Gasteiger charge is -2.26. The number of amides is 1. The van der Waals surface area contributed by atoms with Gasteiger partial charge in [-0.15, -0.1) is 0 Å². The van der Waals surface area contributed by atoms with Crippen LogP contribution < -0.4 is 23.8 Å². The Hall–Kier alpha value is -5.84. The van der Waals surface area contributed by atoms with Crippen LogP contribution in [0.5, 0.6) is 23.0 Å². The summed E-state index contributed by atoms with van der Waals surface area (Å²) in [6.45, 7) is 1.72. The largest absolute Gasteiger partial charge is 0.497 e. The van der Waals surface area contributed by atoms with Crippen molar-refractivity contribution in [2.24, 2.45) is 0 Å². The topological polar surface area (TPSA) is 115 Å². The van der Waals surface area contributed by atoms with E-state index in [9.17, 15) is 4.79 Å². The Morgan fingerprint density at radius 2 is 1.56 bits per heavy atom. The van der Waals surface area contributed by atoms with Gasteiger partial charge in [-0.3, -0.25) is 4.79 Å². The number of aryl methyl sites for hydroxylation is 2. The number of anilines is 1. The molecule has 7 rings (SSSR count). The van der Waals surface area contributed by atoms with Crippen LogP contribution in [-0.4, -0.2) is 84.9 Å². The fraction of sp³-hybridized carbons (Fsp3) is 0.317. The number of nitrogens with one attached hydrogen (secondary N) is 1. The van der Waals surface area contributed by atoms with Crippen molar-refractivity contribution in [2.45, 2.75) is 38.1 Å². The lowest BCUT2D eigenvalue weighted by atomic mass is 9.95. The van der Waals surface area contributed by atoms with Gasteiger partial charge in [0.25, 0.3) is 5.91 Å². The van der Waals surface area contributed by atoms with Crippen LogP contribution in [0.1, 0.15) is 39.9 Å². The summed E-state index contributed by atoms with van der Waals surface area (Å²) >= 11 is 0. The fourth-order valence-electron chi connectivity index (χ4n) is 6.85. The number of fused-ring (bicyclic) bond motifs is 2. The maximum atomic E-state index is 13.7. The maximum absolute atomic E-state index is 13.7. The van der Waals surface area contributed by atoms with Crippen molar-refractivity contribution >= 4 is 33.7 Å². The molecular weight excluding hydrogens is 656 g/mol. The van der Waals surface area contributed by atoms with E-state index in [4.69, 9.17) is 18.9 Å². The van der Waals surface area contributed by atoms with Crippen molar-refractivity contribution in [3.8, 4) is 23.0 Å². The van der Waals surface area contributed by atoms with Crippen LogP contribution in [0.25, 0.3) is 21.9 Å². The number of nitrogens with zero attached hydrogens (tertiary/aromatic N) is 5. The average Bonchev–Trinajstić information content (AvgIpc) is 3.86. The highest BCUT2D eigenvalue weighted by Gasteiger charge is 2.29. The molecule has 0 unspecified atom stereocenters. The number of imidazole rings is 1. The zero-order valence-electron chi connectivity index (χ0n) is 30.1. The van der Waals surface area contributed by atoms with Gasteiger partial charge in [0, 0.05) is 32.4 Å². The number of aromatic nitrogens is 4. The molecule has 0 spiro atoms. The van der Waals surface area contributed by atoms with E-state index in [2.05, 4.69) is 49.1 Å². The molecule has 1 atom stereocenters. The van der Waals surface area contributed by atoms with Crippen LogP contribution in [0, 0.1) is 0 Å². The smallest absolute Gasteiger partial charge is 0.257 e. The number of benzene rings is 4. The molecule has 0 radical (unpaired) electrons. The van der Waals surface area contributed by atoms with Gasteiger partial charge in [-0.1, -0.05) is 30.3 Å². The van der Waals surface area contributed by atoms with Gasteiger partial charge in [-0.25, -0.2) is 15.0 Å². The minimum Gasteiger partial charge on any atom is -0.497 e. The lowest BCUT2D eigenvalue weighted by Crippen LogP contribution is -2.35. The summed E-state index contributed by atoms with van der Waals surface area (Å²) < 4.78 is 23.8. The van der Waals surface area contributed by atoms with Gasteiger partial charge in [-0.2, -0.15) is 0 Å². The molecule has 52 heavy (non-hydrogen) atoms. The number of carbonyl (C=O) groups excluding carboxylic acids is 1. The zero-order chi connectivity index (χ0) is 36.0. The first kappa shape index (κ1) is 34.6. The molecule has 0 bridgehead atoms. The average molecular weight is 701 g/mol. The summed E-state index contributed by atoms with van der Waals surface area (Å²) in [6, 6.07) is 24.3. The van der Waals surface area contributed by atoms with Crippen molar-refractivity contribution in [3.63, 3.8) is 0 Å². The molecule has 1 aliphatic rings. The molecule has 1 N–H and O–H groups in total. The molecule has 11 heteroatoms. The number of ether oxygens (including phenoxy) is 4. The highest BCUT2D eigenvalue weighted by Crippen LogP contribution is 2.37. The Bertz CT molecular complexity index is 2150. The van der Waals surface area contributed by atoms with Crippen molar-refractivity contribution in [1.82, 2.24) is 24.8 Å². The Morgan fingerprint density at radius 1 is 0.827 bits per heavy atom. The maximum Gasteiger partial charge on any atom is 0.257 e. The molecule has 3 heterocycles. The molecule has 1 aliphatic heterocycles. The summed E-state index contributed by atoms with van der Waals surface area (Å²) in [5.41, 5.74) is 5.44. The Kier molecular flexibility index (Phi) is 10.4. The lowest BCUT2D eigenvalue weighted by molar-refractivity contribution is 0.0823. The SMILES string of the molecule is COc1ccc(CCOc2cc3c(OC[C@H]4CCCN4c4ncnc5[nH]cnc45)ccc(CCc4ccc(OC)cc4)c3cc2C(=O)N(C)C)cc1. The predicted molar refractivity (Wildman–Crippen MR) is 202 cm³/mol. The van der Waals surface area contributed by atoms with E-state index in [1.165, 1.54) is 5.56 Å². The molecule has 1 amide bonds. The van der Waals surface area contributed by atoms with Crippen molar-refractivity contribution in [1.29, 1.82) is 0 Å². The second kappa shape index (κ2) is 15.6. The highest BCUT2D eigenvalue weighted by atomic mass is 16.5. The van der Waals surface area contributed by atoms with Crippen LogP contribution in [-0.2, 0) is 19.3 Å². The summed E-state index contributed by atoms with van der Waals surface area (Å²) in [6.07, 6.45) is 7.50. The van der Waals surface area contributed by atoms with Crippen LogP contribution in [0.15, 0.2) is 85.5 Å². The molecule has 2 aromatic heterocycles. The van der Waals surface area contributed by atoms with E-state index >= 15 is 0 Å². The van der Waals surface area contributed by atoms with E-state index in [1.54, 1.807) is 45.9 Å². The van der Waals surface area contributed by atoms with Crippen LogP contribution in [0.4, 0.5) is 5.82 Å². The fourth-order valence-corrected chi connectivity index (χ4v) is 6.85. The van der Waals surface area contributed by atoms with Crippen molar-refractivity contribution in [2.75, 3.05) is 53.0 Å².